The van der Waals surface area contributed by atoms with Gasteiger partial charge in [0, 0.05) is 29.4 Å². The average molecular weight is 382 g/mol. The molecule has 2 aliphatic heterocycles. The third-order valence-corrected chi connectivity index (χ3v) is 5.65. The summed E-state index contributed by atoms with van der Waals surface area (Å²) in [6.45, 7) is 0. The minimum atomic E-state index is -1.10. The van der Waals surface area contributed by atoms with Crippen LogP contribution >= 0.6 is 15.9 Å². The Balaban J connectivity index is 1.94. The lowest BCUT2D eigenvalue weighted by Crippen LogP contribution is -2.54. The molecule has 5 nitrogen and oxygen atoms in total. The van der Waals surface area contributed by atoms with Gasteiger partial charge in [-0.05, 0) is 31.0 Å². The molecule has 1 amide bonds. The van der Waals surface area contributed by atoms with Gasteiger partial charge < -0.3 is 10.5 Å². The number of nitrogens with two attached hydrogens (primary N) is 1. The Morgan fingerprint density at radius 3 is 2.96 bits per heavy atom. The first-order chi connectivity index (χ1) is 10.9. The summed E-state index contributed by atoms with van der Waals surface area (Å²) >= 11 is 3.45. The third kappa shape index (κ3) is 1.95. The number of carbonyl (C=O) groups excluding carboxylic acids is 1. The highest BCUT2D eigenvalue weighted by Crippen LogP contribution is 2.53. The van der Waals surface area contributed by atoms with E-state index in [1.165, 1.54) is 4.90 Å². The van der Waals surface area contributed by atoms with E-state index in [-0.39, 0.29) is 30.3 Å². The van der Waals surface area contributed by atoms with E-state index in [0.29, 0.717) is 24.2 Å². The van der Waals surface area contributed by atoms with Gasteiger partial charge in [-0.1, -0.05) is 15.9 Å². The fourth-order valence-electron chi connectivity index (χ4n) is 4.03. The smallest absolute Gasteiger partial charge is 0.262 e. The van der Waals surface area contributed by atoms with Gasteiger partial charge in [0.15, 0.2) is 11.5 Å². The molecule has 2 heterocycles. The molecule has 122 valence electrons. The number of ether oxygens (including phenoxy) is 1. The molecule has 1 aliphatic carbocycles. The maximum absolute atomic E-state index is 13.9. The van der Waals surface area contributed by atoms with Crippen LogP contribution in [0.15, 0.2) is 27.7 Å². The highest BCUT2D eigenvalue weighted by molar-refractivity contribution is 9.10. The molecule has 1 fully saturated rings. The van der Waals surface area contributed by atoms with Crippen LogP contribution < -0.4 is 10.5 Å². The molecule has 3 aliphatic rings. The van der Waals surface area contributed by atoms with E-state index in [1.54, 1.807) is 13.1 Å². The van der Waals surface area contributed by atoms with Crippen molar-refractivity contribution in [3.63, 3.8) is 0 Å². The van der Waals surface area contributed by atoms with Gasteiger partial charge in [0.25, 0.3) is 5.91 Å². The van der Waals surface area contributed by atoms with E-state index >= 15 is 0 Å². The first kappa shape index (κ1) is 14.9. The molecule has 4 rings (SSSR count). The number of amides is 1. The van der Waals surface area contributed by atoms with E-state index < -0.39 is 11.7 Å². The van der Waals surface area contributed by atoms with Crippen molar-refractivity contribution in [2.45, 2.75) is 37.1 Å². The number of likely N-dealkylation sites (N-methyl/N-ethyl adjacent to an activating group) is 1. The molecule has 7 heteroatoms. The summed E-state index contributed by atoms with van der Waals surface area (Å²) in [7, 11) is 1.62. The first-order valence-electron chi connectivity index (χ1n) is 7.67. The van der Waals surface area contributed by atoms with Crippen LogP contribution in [0.1, 0.15) is 24.8 Å². The van der Waals surface area contributed by atoms with Crippen LogP contribution in [0.4, 0.5) is 4.39 Å². The number of halogens is 2. The number of aliphatic imine (C=N–C) groups is 1. The monoisotopic (exact) mass is 381 g/mol. The van der Waals surface area contributed by atoms with Crippen LogP contribution in [0.2, 0.25) is 0 Å². The van der Waals surface area contributed by atoms with E-state index in [2.05, 4.69) is 20.9 Å². The van der Waals surface area contributed by atoms with Gasteiger partial charge in [-0.25, -0.2) is 9.38 Å². The SMILES string of the molecule is CN1C(=O)[C@]2(N=C1N)c1cc(Br)ccc1O[C@H]1CC(F)CC[C@@H]12. The predicted octanol–water partition coefficient (Wildman–Crippen LogP) is 2.33. The zero-order valence-corrected chi connectivity index (χ0v) is 14.2. The molecule has 0 aromatic heterocycles. The van der Waals surface area contributed by atoms with E-state index in [0.717, 1.165) is 4.47 Å². The Morgan fingerprint density at radius 2 is 2.26 bits per heavy atom. The van der Waals surface area contributed by atoms with Crippen molar-refractivity contribution < 1.29 is 13.9 Å². The van der Waals surface area contributed by atoms with Crippen LogP contribution in [0.3, 0.4) is 0 Å². The van der Waals surface area contributed by atoms with Gasteiger partial charge in [0.2, 0.25) is 0 Å². The Kier molecular flexibility index (Phi) is 3.20. The second kappa shape index (κ2) is 4.93. The molecule has 1 aromatic rings. The third-order valence-electron chi connectivity index (χ3n) is 5.16. The van der Waals surface area contributed by atoms with Gasteiger partial charge in [0.1, 0.15) is 18.0 Å². The van der Waals surface area contributed by atoms with Crippen molar-refractivity contribution in [1.29, 1.82) is 0 Å². The number of alkyl halides is 1. The molecule has 2 N–H and O–H groups in total. The molecule has 0 bridgehead atoms. The highest BCUT2D eigenvalue weighted by atomic mass is 79.9. The molecular formula is C16H17BrFN3O2. The molecule has 4 atom stereocenters. The first-order valence-corrected chi connectivity index (χ1v) is 8.47. The number of hydrogen-bond acceptors (Lipinski definition) is 4. The van der Waals surface area contributed by atoms with E-state index in [4.69, 9.17) is 10.5 Å². The molecule has 23 heavy (non-hydrogen) atoms. The minimum absolute atomic E-state index is 0.162. The van der Waals surface area contributed by atoms with Crippen LogP contribution in [0, 0.1) is 5.92 Å². The van der Waals surface area contributed by atoms with Crippen LogP contribution in [0.5, 0.6) is 5.75 Å². The highest BCUT2D eigenvalue weighted by Gasteiger charge is 2.60. The minimum Gasteiger partial charge on any atom is -0.490 e. The summed E-state index contributed by atoms with van der Waals surface area (Å²) in [6.07, 6.45) is -0.00914. The van der Waals surface area contributed by atoms with Crippen molar-refractivity contribution in [1.82, 2.24) is 4.90 Å². The molecular weight excluding hydrogens is 365 g/mol. The largest absolute Gasteiger partial charge is 0.490 e. The fourth-order valence-corrected chi connectivity index (χ4v) is 4.40. The average Bonchev–Trinajstić information content (AvgIpc) is 2.74. The van der Waals surface area contributed by atoms with Crippen LogP contribution in [-0.4, -0.2) is 36.1 Å². The number of carbonyl (C=O) groups is 1. The molecule has 0 saturated heterocycles. The second-order valence-corrected chi connectivity index (χ2v) is 7.33. The summed E-state index contributed by atoms with van der Waals surface area (Å²) in [4.78, 5) is 19.0. The maximum atomic E-state index is 13.9. The molecule has 1 aromatic carbocycles. The lowest BCUT2D eigenvalue weighted by Gasteiger charge is -2.46. The summed E-state index contributed by atoms with van der Waals surface area (Å²) in [5.74, 6) is 0.421. The summed E-state index contributed by atoms with van der Waals surface area (Å²) in [6, 6.07) is 5.51. The number of hydrogen-bond donors (Lipinski definition) is 1. The molecule has 1 saturated carbocycles. The number of fused-ring (bicyclic) bond motifs is 4. The van der Waals surface area contributed by atoms with Crippen molar-refractivity contribution >= 4 is 27.8 Å². The number of rotatable bonds is 0. The zero-order chi connectivity index (χ0) is 16.4. The van der Waals surface area contributed by atoms with Gasteiger partial charge in [-0.2, -0.15) is 0 Å². The summed E-state index contributed by atoms with van der Waals surface area (Å²) in [5.41, 5.74) is 5.56. The Morgan fingerprint density at radius 1 is 1.48 bits per heavy atom. The van der Waals surface area contributed by atoms with Crippen molar-refractivity contribution in [2.75, 3.05) is 7.05 Å². The number of nitrogens with zero attached hydrogens (tertiary/aromatic N) is 2. The van der Waals surface area contributed by atoms with Crippen LogP contribution in [0.25, 0.3) is 0 Å². The van der Waals surface area contributed by atoms with Crippen LogP contribution in [-0.2, 0) is 10.3 Å². The second-order valence-electron chi connectivity index (χ2n) is 6.41. The normalized spacial score (nSPS) is 35.6. The fraction of sp³-hybridized carbons (Fsp3) is 0.500. The molecule has 0 radical (unpaired) electrons. The maximum Gasteiger partial charge on any atom is 0.262 e. The van der Waals surface area contributed by atoms with Gasteiger partial charge in [-0.3, -0.25) is 9.69 Å². The predicted molar refractivity (Wildman–Crippen MR) is 86.9 cm³/mol. The number of guanidine groups is 1. The van der Waals surface area contributed by atoms with E-state index in [9.17, 15) is 9.18 Å². The lowest BCUT2D eigenvalue weighted by atomic mass is 9.67. The lowest BCUT2D eigenvalue weighted by molar-refractivity contribution is -0.137. The quantitative estimate of drug-likeness (QED) is 0.749. The van der Waals surface area contributed by atoms with Gasteiger partial charge in [0.05, 0.1) is 0 Å². The van der Waals surface area contributed by atoms with Crippen molar-refractivity contribution in [3.8, 4) is 5.75 Å². The van der Waals surface area contributed by atoms with Gasteiger partial charge in [-0.15, -0.1) is 0 Å². The standard InChI is InChI=1S/C16H17BrFN3O2/c1-21-14(22)16(20-15(21)19)10-4-3-9(18)7-13(10)23-12-5-2-8(17)6-11(12)16/h2,5-6,9-10,13H,3-4,7H2,1H3,(H2,19,20)/t9?,10-,13-,16+/m0/s1. The number of benzene rings is 1. The topological polar surface area (TPSA) is 67.9 Å². The van der Waals surface area contributed by atoms with Crippen molar-refractivity contribution in [2.24, 2.45) is 16.6 Å². The summed E-state index contributed by atoms with van der Waals surface area (Å²) in [5, 5.41) is 0. The Bertz CT molecular complexity index is 725. The molecule has 1 unspecified atom stereocenters. The van der Waals surface area contributed by atoms with Gasteiger partial charge >= 0.3 is 0 Å². The van der Waals surface area contributed by atoms with E-state index in [1.807, 2.05) is 12.1 Å². The zero-order valence-electron chi connectivity index (χ0n) is 12.6. The Labute approximate surface area is 141 Å². The molecule has 1 spiro atoms. The Hall–Kier alpha value is -1.63. The summed E-state index contributed by atoms with van der Waals surface area (Å²) < 4.78 is 20.7. The van der Waals surface area contributed by atoms with Crippen molar-refractivity contribution in [3.05, 3.63) is 28.2 Å².